The van der Waals surface area contributed by atoms with Crippen LogP contribution in [0.2, 0.25) is 0 Å². The number of amides is 2. The van der Waals surface area contributed by atoms with Crippen molar-refractivity contribution in [3.8, 4) is 0 Å². The van der Waals surface area contributed by atoms with Crippen molar-refractivity contribution in [3.63, 3.8) is 0 Å². The summed E-state index contributed by atoms with van der Waals surface area (Å²) >= 11 is 0. The highest BCUT2D eigenvalue weighted by Crippen LogP contribution is 2.40. The molecule has 21 N–H and O–H groups in total. The topological polar surface area (TPSA) is 560 Å². The Labute approximate surface area is 417 Å². The molecule has 74 heavy (non-hydrogen) atoms. The minimum Gasteiger partial charge on any atom is -0.477 e. The smallest absolute Gasteiger partial charge is 0.364 e. The minimum absolute atomic E-state index is 0.835. The van der Waals surface area contributed by atoms with E-state index in [9.17, 15) is 116 Å². The van der Waals surface area contributed by atoms with Gasteiger partial charge >= 0.3 is 11.9 Å². The number of aliphatic hydroxyl groups excluding tert-OH is 17. The van der Waals surface area contributed by atoms with Crippen LogP contribution >= 0.6 is 0 Å². The molecule has 0 aliphatic carbocycles. The fraction of sp³-hybridized carbons (Fsp3) is 0.900. The van der Waals surface area contributed by atoms with E-state index in [1.165, 1.54) is 0 Å². The molecule has 5 heterocycles. The molecule has 5 aliphatic heterocycles. The average Bonchev–Trinajstić information content (AvgIpc) is 3.35. The molecule has 34 heteroatoms. The molecule has 0 aromatic rings. The van der Waals surface area contributed by atoms with Crippen LogP contribution in [0.15, 0.2) is 0 Å². The Kier molecular flexibility index (Phi) is 21.3. The first-order valence-electron chi connectivity index (χ1n) is 22.9. The van der Waals surface area contributed by atoms with E-state index in [2.05, 4.69) is 10.6 Å². The van der Waals surface area contributed by atoms with Crippen LogP contribution in [0, 0.1) is 0 Å². The van der Waals surface area contributed by atoms with Gasteiger partial charge in [-0.1, -0.05) is 0 Å². The average molecular weight is 1090 g/mol. The number of hydrogen-bond acceptors (Lipinski definition) is 30. The first kappa shape index (κ1) is 61.7. The van der Waals surface area contributed by atoms with Crippen LogP contribution in [0.5, 0.6) is 0 Å². The highest BCUT2D eigenvalue weighted by Gasteiger charge is 2.62. The summed E-state index contributed by atoms with van der Waals surface area (Å²) in [4.78, 5) is 50.1. The number of carbonyl (C=O) groups is 4. The maximum absolute atomic E-state index is 13.0. The van der Waals surface area contributed by atoms with Gasteiger partial charge in [-0.15, -0.1) is 0 Å². The largest absolute Gasteiger partial charge is 0.477 e. The predicted octanol–water partition coefficient (Wildman–Crippen LogP) is -13.2. The van der Waals surface area contributed by atoms with E-state index in [4.69, 9.17) is 42.6 Å². The van der Waals surface area contributed by atoms with Crippen LogP contribution in [0.4, 0.5) is 0 Å². The van der Waals surface area contributed by atoms with Gasteiger partial charge in [-0.25, -0.2) is 9.59 Å². The molecular formula is C40H66N2O32. The maximum atomic E-state index is 13.0. The Bertz CT molecular complexity index is 1880. The fourth-order valence-corrected chi connectivity index (χ4v) is 9.12. The molecule has 34 nitrogen and oxygen atoms in total. The first-order chi connectivity index (χ1) is 34.6. The van der Waals surface area contributed by atoms with Crippen LogP contribution in [0.1, 0.15) is 26.7 Å². The molecule has 0 radical (unpaired) electrons. The van der Waals surface area contributed by atoms with Gasteiger partial charge in [0.15, 0.2) is 18.9 Å². The lowest BCUT2D eigenvalue weighted by Gasteiger charge is -2.51. The van der Waals surface area contributed by atoms with Crippen molar-refractivity contribution in [1.82, 2.24) is 10.6 Å². The molecule has 0 aromatic heterocycles. The third-order valence-corrected chi connectivity index (χ3v) is 13.1. The predicted molar refractivity (Wildman–Crippen MR) is 224 cm³/mol. The molecule has 0 saturated carbocycles. The number of aliphatic carboxylic acids is 2. The van der Waals surface area contributed by atoms with Crippen LogP contribution in [-0.2, 0) is 61.8 Å². The Hall–Kier alpha value is -3.16. The zero-order chi connectivity index (χ0) is 55.5. The lowest BCUT2D eigenvalue weighted by molar-refractivity contribution is -0.396. The van der Waals surface area contributed by atoms with Crippen LogP contribution in [-0.4, -0.2) is 318 Å². The van der Waals surface area contributed by atoms with E-state index in [-0.39, 0.29) is 0 Å². The van der Waals surface area contributed by atoms with E-state index in [0.29, 0.717) is 0 Å². The van der Waals surface area contributed by atoms with Gasteiger partial charge in [0, 0.05) is 26.7 Å². The fourth-order valence-electron chi connectivity index (χ4n) is 9.12. The van der Waals surface area contributed by atoms with Gasteiger partial charge in [0.1, 0.15) is 110 Å². The quantitative estimate of drug-likeness (QED) is 0.0507. The summed E-state index contributed by atoms with van der Waals surface area (Å²) in [5, 5.41) is 207. The minimum atomic E-state index is -3.27. The van der Waals surface area contributed by atoms with E-state index >= 15 is 0 Å². The van der Waals surface area contributed by atoms with E-state index < -0.39 is 234 Å². The van der Waals surface area contributed by atoms with E-state index in [0.717, 1.165) is 13.8 Å². The van der Waals surface area contributed by atoms with Crippen molar-refractivity contribution >= 4 is 23.8 Å². The van der Waals surface area contributed by atoms with Crippen molar-refractivity contribution in [2.75, 3.05) is 33.0 Å². The monoisotopic (exact) mass is 1090 g/mol. The van der Waals surface area contributed by atoms with Gasteiger partial charge in [0.2, 0.25) is 11.8 Å². The van der Waals surface area contributed by atoms with Crippen LogP contribution < -0.4 is 10.6 Å². The van der Waals surface area contributed by atoms with Gasteiger partial charge in [0.05, 0.1) is 57.3 Å². The third-order valence-electron chi connectivity index (χ3n) is 13.1. The summed E-state index contributed by atoms with van der Waals surface area (Å²) in [5.41, 5.74) is 0. The maximum Gasteiger partial charge on any atom is 0.364 e. The van der Waals surface area contributed by atoms with Gasteiger partial charge in [-0.2, -0.15) is 0 Å². The molecule has 2 amide bonds. The summed E-state index contributed by atoms with van der Waals surface area (Å²) < 4.78 is 50.3. The number of hydrogen-bond donors (Lipinski definition) is 21. The summed E-state index contributed by atoms with van der Waals surface area (Å²) in [6, 6.07) is -3.37. The molecule has 428 valence electrons. The molecule has 0 aromatic carbocycles. The van der Waals surface area contributed by atoms with Gasteiger partial charge < -0.3 is 150 Å². The van der Waals surface area contributed by atoms with Crippen molar-refractivity contribution in [1.29, 1.82) is 0 Å². The van der Waals surface area contributed by atoms with E-state index in [1.807, 2.05) is 0 Å². The second-order valence-corrected chi connectivity index (χ2v) is 18.3. The molecule has 27 atom stereocenters. The molecule has 0 spiro atoms. The Morgan fingerprint density at radius 2 is 0.986 bits per heavy atom. The van der Waals surface area contributed by atoms with Crippen molar-refractivity contribution in [2.24, 2.45) is 0 Å². The lowest BCUT2D eigenvalue weighted by Crippen LogP contribution is -2.71. The third kappa shape index (κ3) is 13.0. The molecular weight excluding hydrogens is 1020 g/mol. The van der Waals surface area contributed by atoms with Crippen molar-refractivity contribution in [2.45, 2.75) is 191 Å². The summed E-state index contributed by atoms with van der Waals surface area (Å²) in [7, 11) is 0. The number of rotatable bonds is 21. The van der Waals surface area contributed by atoms with E-state index in [1.54, 1.807) is 0 Å². The van der Waals surface area contributed by atoms with Gasteiger partial charge in [-0.3, -0.25) is 9.59 Å². The number of aliphatic hydroxyl groups is 17. The molecule has 5 rings (SSSR count). The molecule has 5 aliphatic rings. The Morgan fingerprint density at radius 1 is 0.554 bits per heavy atom. The van der Waals surface area contributed by atoms with Crippen molar-refractivity contribution in [3.05, 3.63) is 0 Å². The second kappa shape index (κ2) is 25.5. The normalized spacial score (nSPS) is 44.6. The van der Waals surface area contributed by atoms with Crippen molar-refractivity contribution < 1.29 is 159 Å². The second-order valence-electron chi connectivity index (χ2n) is 18.3. The number of carboxylic acid groups (broad SMARTS) is 2. The summed E-state index contributed by atoms with van der Waals surface area (Å²) in [5.74, 6) is -12.3. The Balaban J connectivity index is 1.51. The van der Waals surface area contributed by atoms with Crippen LogP contribution in [0.25, 0.3) is 0 Å². The molecule has 1 unspecified atom stereocenters. The highest BCUT2D eigenvalue weighted by atomic mass is 16.8. The number of ether oxygens (including phenoxy) is 9. The highest BCUT2D eigenvalue weighted by molar-refractivity contribution is 5.77. The zero-order valence-corrected chi connectivity index (χ0v) is 39.2. The number of nitrogens with one attached hydrogen (secondary N) is 2. The zero-order valence-electron chi connectivity index (χ0n) is 39.2. The molecule has 5 fully saturated rings. The van der Waals surface area contributed by atoms with Gasteiger partial charge in [0.25, 0.3) is 11.6 Å². The number of carbonyl (C=O) groups excluding carboxylic acids is 2. The SMILES string of the molecule is CC(=O)N[C@H]1[C@H]([C@H](O)[C@H](O)CO)O[C@@](OC[C@H]2O[C@@H](O[C@H]3[C@H](O)[C@@H](O)C(O)O[C@@H]3CO)[C@H](O)[C@@H](O[C@@H]3O[C@H](CO)[C@H](O)[C@H](O[C@]4(C(=O)O)C[C@H](O)[C@@H](NC(C)=O)[C@H]([C@H](O)[C@H](O)CO)O4)[C@H]3O)[C@H]2O)(C(=O)O)C[C@@H]1O. The first-order valence-corrected chi connectivity index (χ1v) is 22.9. The Morgan fingerprint density at radius 3 is 1.45 bits per heavy atom. The molecule has 0 bridgehead atoms. The summed E-state index contributed by atoms with van der Waals surface area (Å²) in [6.45, 7) is -3.89. The lowest BCUT2D eigenvalue weighted by atomic mass is 9.88. The number of carboxylic acids is 2. The summed E-state index contributed by atoms with van der Waals surface area (Å²) in [6.07, 6.45) is -52.6. The van der Waals surface area contributed by atoms with Gasteiger partial charge in [-0.05, 0) is 0 Å². The molecule has 5 saturated heterocycles. The van der Waals surface area contributed by atoms with Crippen LogP contribution in [0.3, 0.4) is 0 Å². The standard InChI is InChI=1S/C40H66N2O32/c1-10(47)41-19-12(49)3-39(37(62)63,72-30(19)21(53)14(51)5-43)66-9-18-24(56)32(27(59)35(69-18)70-29-17(8-46)67-34(61)26(58)25(29)57)71-36-28(60)33(23(55)16(7-45)68-36)74-40(38(64)65)4-13(50)20(42-11(2)48)31(73-40)22(54)15(52)6-44/h12-36,43-46,49-61H,3-9H2,1-2H3,(H,41,47)(H,42,48)(H,62,63)(H,64,65)/t12-,13-,14+,15+,16+,17+,18+,19+,20+,21+,22+,23-,24-,25+,26+,27+,28+,29+,30+,31+,32-,33-,34?,35-,36-,39+,40-/m0/s1.